The van der Waals surface area contributed by atoms with Crippen LogP contribution in [0.2, 0.25) is 0 Å². The Hall–Kier alpha value is 0.660. The molecule has 0 aromatic heterocycles. The SMILES string of the molecule is CC(C)(S)CCOC(C)(C)CCS. The van der Waals surface area contributed by atoms with E-state index in [0.29, 0.717) is 0 Å². The Labute approximate surface area is 93.4 Å². The summed E-state index contributed by atoms with van der Waals surface area (Å²) in [4.78, 5) is 0. The molecule has 0 aliphatic carbocycles. The average Bonchev–Trinajstić information content (AvgIpc) is 1.82. The van der Waals surface area contributed by atoms with E-state index in [1.807, 2.05) is 0 Å². The molecule has 0 bridgehead atoms. The molecule has 0 spiro atoms. The highest BCUT2D eigenvalue weighted by molar-refractivity contribution is 7.81. The molecule has 0 rings (SSSR count). The van der Waals surface area contributed by atoms with Crippen molar-refractivity contribution in [3.63, 3.8) is 0 Å². The van der Waals surface area contributed by atoms with Gasteiger partial charge in [-0.3, -0.25) is 0 Å². The first kappa shape index (κ1) is 13.7. The lowest BCUT2D eigenvalue weighted by Crippen LogP contribution is -2.27. The van der Waals surface area contributed by atoms with Crippen LogP contribution in [0.1, 0.15) is 40.5 Å². The Morgan fingerprint density at radius 2 is 1.62 bits per heavy atom. The summed E-state index contributed by atoms with van der Waals surface area (Å²) in [6.45, 7) is 9.19. The van der Waals surface area contributed by atoms with Crippen LogP contribution in [-0.2, 0) is 4.74 Å². The van der Waals surface area contributed by atoms with Crippen LogP contribution in [0.4, 0.5) is 0 Å². The highest BCUT2D eigenvalue weighted by atomic mass is 32.1. The Bertz CT molecular complexity index is 138. The van der Waals surface area contributed by atoms with Crippen molar-refractivity contribution in [3.8, 4) is 0 Å². The van der Waals surface area contributed by atoms with Gasteiger partial charge in [-0.1, -0.05) is 13.8 Å². The summed E-state index contributed by atoms with van der Waals surface area (Å²) in [7, 11) is 0. The van der Waals surface area contributed by atoms with Gasteiger partial charge in [-0.05, 0) is 32.4 Å². The normalized spacial score (nSPS) is 13.4. The number of thiol groups is 2. The van der Waals surface area contributed by atoms with Crippen LogP contribution in [0.15, 0.2) is 0 Å². The maximum atomic E-state index is 5.75. The van der Waals surface area contributed by atoms with E-state index < -0.39 is 0 Å². The van der Waals surface area contributed by atoms with Gasteiger partial charge in [0.2, 0.25) is 0 Å². The minimum atomic E-state index is -0.0409. The zero-order chi connectivity index (χ0) is 10.5. The van der Waals surface area contributed by atoms with Gasteiger partial charge >= 0.3 is 0 Å². The van der Waals surface area contributed by atoms with E-state index >= 15 is 0 Å². The fourth-order valence-corrected chi connectivity index (χ4v) is 1.55. The van der Waals surface area contributed by atoms with E-state index in [9.17, 15) is 0 Å². The van der Waals surface area contributed by atoms with Crippen LogP contribution in [0.3, 0.4) is 0 Å². The van der Waals surface area contributed by atoms with Crippen LogP contribution >= 0.6 is 25.3 Å². The van der Waals surface area contributed by atoms with Gasteiger partial charge in [-0.25, -0.2) is 0 Å². The van der Waals surface area contributed by atoms with Crippen molar-refractivity contribution < 1.29 is 4.74 Å². The molecule has 0 saturated carbocycles. The lowest BCUT2D eigenvalue weighted by atomic mass is 10.1. The molecular formula is C10H22OS2. The van der Waals surface area contributed by atoms with Crippen LogP contribution in [0, 0.1) is 0 Å². The van der Waals surface area contributed by atoms with Crippen molar-refractivity contribution in [2.24, 2.45) is 0 Å². The lowest BCUT2D eigenvalue weighted by Gasteiger charge is -2.26. The molecule has 0 unspecified atom stereocenters. The average molecular weight is 222 g/mol. The molecule has 0 saturated heterocycles. The Morgan fingerprint density at radius 1 is 1.08 bits per heavy atom. The molecule has 0 amide bonds. The van der Waals surface area contributed by atoms with E-state index in [2.05, 4.69) is 53.0 Å². The summed E-state index contributed by atoms with van der Waals surface area (Å²) < 4.78 is 5.81. The second-order valence-electron chi connectivity index (χ2n) is 4.64. The van der Waals surface area contributed by atoms with Gasteiger partial charge in [0.25, 0.3) is 0 Å². The van der Waals surface area contributed by atoms with Crippen molar-refractivity contribution in [1.82, 2.24) is 0 Å². The molecule has 0 aliphatic rings. The lowest BCUT2D eigenvalue weighted by molar-refractivity contribution is -0.0220. The third-order valence-electron chi connectivity index (χ3n) is 1.92. The predicted octanol–water partition coefficient (Wildman–Crippen LogP) is 3.20. The molecule has 0 heterocycles. The second kappa shape index (κ2) is 5.52. The van der Waals surface area contributed by atoms with Crippen molar-refractivity contribution in [1.29, 1.82) is 0 Å². The number of ether oxygens (including phenoxy) is 1. The van der Waals surface area contributed by atoms with Crippen molar-refractivity contribution >= 4 is 25.3 Å². The van der Waals surface area contributed by atoms with Crippen LogP contribution in [0.5, 0.6) is 0 Å². The number of hydrogen-bond acceptors (Lipinski definition) is 3. The number of hydrogen-bond donors (Lipinski definition) is 2. The molecule has 1 nitrogen and oxygen atoms in total. The van der Waals surface area contributed by atoms with Crippen LogP contribution in [0.25, 0.3) is 0 Å². The molecule has 13 heavy (non-hydrogen) atoms. The monoisotopic (exact) mass is 222 g/mol. The first-order valence-electron chi connectivity index (χ1n) is 4.74. The minimum Gasteiger partial charge on any atom is -0.375 e. The molecule has 0 aromatic carbocycles. The van der Waals surface area contributed by atoms with E-state index in [1.165, 1.54) is 0 Å². The van der Waals surface area contributed by atoms with Crippen molar-refractivity contribution in [2.75, 3.05) is 12.4 Å². The van der Waals surface area contributed by atoms with Gasteiger partial charge in [0.05, 0.1) is 5.60 Å². The molecule has 0 atom stereocenters. The van der Waals surface area contributed by atoms with E-state index in [-0.39, 0.29) is 10.3 Å². The maximum Gasteiger partial charge on any atom is 0.0634 e. The molecule has 0 aromatic rings. The summed E-state index contributed by atoms with van der Waals surface area (Å²) in [5, 5.41) is 0. The van der Waals surface area contributed by atoms with Gasteiger partial charge in [0, 0.05) is 11.4 Å². The zero-order valence-corrected chi connectivity index (χ0v) is 10.9. The molecule has 0 fully saturated rings. The van der Waals surface area contributed by atoms with E-state index in [1.54, 1.807) is 0 Å². The first-order valence-corrected chi connectivity index (χ1v) is 5.82. The topological polar surface area (TPSA) is 9.23 Å². The molecular weight excluding hydrogens is 200 g/mol. The summed E-state index contributed by atoms with van der Waals surface area (Å²) in [5.74, 6) is 0.872. The maximum absolute atomic E-state index is 5.75. The Morgan fingerprint density at radius 3 is 2.00 bits per heavy atom. The summed E-state index contributed by atoms with van der Waals surface area (Å²) in [5.41, 5.74) is -0.0409. The largest absolute Gasteiger partial charge is 0.375 e. The molecule has 3 heteroatoms. The molecule has 0 radical (unpaired) electrons. The summed E-state index contributed by atoms with van der Waals surface area (Å²) in [6, 6.07) is 0. The van der Waals surface area contributed by atoms with Gasteiger partial charge in [-0.15, -0.1) is 0 Å². The summed E-state index contributed by atoms with van der Waals surface area (Å²) >= 11 is 8.64. The molecule has 80 valence electrons. The standard InChI is InChI=1S/C10H22OS2/c1-9(2,6-8-12)11-7-5-10(3,4)13/h12-13H,5-8H2,1-4H3. The Balaban J connectivity index is 3.63. The van der Waals surface area contributed by atoms with E-state index in [0.717, 1.165) is 25.2 Å². The minimum absolute atomic E-state index is 0.0409. The van der Waals surface area contributed by atoms with Gasteiger partial charge < -0.3 is 4.74 Å². The Kier molecular flexibility index (Phi) is 5.80. The van der Waals surface area contributed by atoms with E-state index in [4.69, 9.17) is 4.74 Å². The van der Waals surface area contributed by atoms with Crippen molar-refractivity contribution in [2.45, 2.75) is 50.9 Å². The number of rotatable bonds is 6. The van der Waals surface area contributed by atoms with Gasteiger partial charge in [0.1, 0.15) is 0 Å². The predicted molar refractivity (Wildman–Crippen MR) is 66.2 cm³/mol. The second-order valence-corrected chi connectivity index (χ2v) is 6.30. The fraction of sp³-hybridized carbons (Fsp3) is 1.00. The third-order valence-corrected chi connectivity index (χ3v) is 2.37. The highest BCUT2D eigenvalue weighted by Crippen LogP contribution is 2.20. The van der Waals surface area contributed by atoms with Gasteiger partial charge in [-0.2, -0.15) is 25.3 Å². The van der Waals surface area contributed by atoms with Crippen LogP contribution < -0.4 is 0 Å². The quantitative estimate of drug-likeness (QED) is 0.656. The third kappa shape index (κ3) is 8.98. The van der Waals surface area contributed by atoms with Gasteiger partial charge in [0.15, 0.2) is 0 Å². The summed E-state index contributed by atoms with van der Waals surface area (Å²) in [6.07, 6.45) is 1.97. The van der Waals surface area contributed by atoms with Crippen LogP contribution in [-0.4, -0.2) is 22.7 Å². The smallest absolute Gasteiger partial charge is 0.0634 e. The molecule has 0 aliphatic heterocycles. The highest BCUT2D eigenvalue weighted by Gasteiger charge is 2.19. The van der Waals surface area contributed by atoms with Crippen molar-refractivity contribution in [3.05, 3.63) is 0 Å². The molecule has 0 N–H and O–H groups in total. The zero-order valence-electron chi connectivity index (χ0n) is 9.13. The first-order chi connectivity index (χ1) is 5.77. The fourth-order valence-electron chi connectivity index (χ4n) is 0.919.